The molecule has 13 nitrogen and oxygen atoms in total. The summed E-state index contributed by atoms with van der Waals surface area (Å²) in [5.74, 6) is -3.53. The van der Waals surface area contributed by atoms with Gasteiger partial charge in [-0.15, -0.1) is 11.8 Å². The van der Waals surface area contributed by atoms with Crippen LogP contribution in [0, 0.1) is 0 Å². The summed E-state index contributed by atoms with van der Waals surface area (Å²) in [7, 11) is -4.17. The van der Waals surface area contributed by atoms with E-state index in [4.69, 9.17) is 15.2 Å². The second-order valence-corrected chi connectivity index (χ2v) is 15.6. The smallest absolute Gasteiger partial charge is 0.333 e. The number of nitrogens with one attached hydrogen (secondary N) is 1. The van der Waals surface area contributed by atoms with Crippen LogP contribution in [-0.2, 0) is 43.3 Å². The summed E-state index contributed by atoms with van der Waals surface area (Å²) in [4.78, 5) is 65.9. The third-order valence-corrected chi connectivity index (χ3v) is 12.3. The Balaban J connectivity index is 1.24. The van der Waals surface area contributed by atoms with Crippen LogP contribution in [0.15, 0.2) is 30.3 Å². The molecule has 3 amide bonds. The third kappa shape index (κ3) is 4.08. The first-order valence-corrected chi connectivity index (χ1v) is 15.0. The lowest BCUT2D eigenvalue weighted by atomic mass is 9.95. The molecular weight excluding hydrogens is 564 g/mol. The normalized spacial score (nSPS) is 31.3. The average Bonchev–Trinajstić information content (AvgIpc) is 3.19. The van der Waals surface area contributed by atoms with Gasteiger partial charge in [-0.1, -0.05) is 30.3 Å². The van der Waals surface area contributed by atoms with Crippen LogP contribution in [0.1, 0.15) is 45.7 Å². The van der Waals surface area contributed by atoms with E-state index in [9.17, 15) is 32.4 Å². The van der Waals surface area contributed by atoms with Gasteiger partial charge in [-0.3, -0.25) is 14.4 Å². The number of hydrogen-bond donors (Lipinski definition) is 2. The monoisotopic (exact) mass is 594 g/mol. The Bertz CT molecular complexity index is 1400. The molecule has 6 atom stereocenters. The van der Waals surface area contributed by atoms with Crippen molar-refractivity contribution in [3.63, 3.8) is 0 Å². The van der Waals surface area contributed by atoms with E-state index in [2.05, 4.69) is 5.32 Å². The van der Waals surface area contributed by atoms with Gasteiger partial charge >= 0.3 is 11.9 Å². The minimum atomic E-state index is -4.17. The van der Waals surface area contributed by atoms with E-state index in [1.54, 1.807) is 30.3 Å². The predicted molar refractivity (Wildman–Crippen MR) is 140 cm³/mol. The van der Waals surface area contributed by atoms with Gasteiger partial charge in [0.2, 0.25) is 24.5 Å². The van der Waals surface area contributed by atoms with Crippen LogP contribution in [-0.4, -0.2) is 93.0 Å². The van der Waals surface area contributed by atoms with Gasteiger partial charge < -0.3 is 30.3 Å². The van der Waals surface area contributed by atoms with Crippen molar-refractivity contribution in [3.05, 3.63) is 35.9 Å². The second-order valence-electron chi connectivity index (χ2n) is 11.2. The van der Waals surface area contributed by atoms with Crippen LogP contribution in [0.2, 0.25) is 0 Å². The highest BCUT2D eigenvalue weighted by atomic mass is 32.2. The lowest BCUT2D eigenvalue weighted by Gasteiger charge is -2.43. The van der Waals surface area contributed by atoms with Crippen LogP contribution in [0.3, 0.4) is 0 Å². The molecule has 3 N–H and O–H groups in total. The third-order valence-electron chi connectivity index (χ3n) is 7.98. The molecule has 0 spiro atoms. The first-order chi connectivity index (χ1) is 18.6. The molecule has 4 aliphatic rings. The molecule has 0 unspecified atom stereocenters. The Morgan fingerprint density at radius 3 is 2.25 bits per heavy atom. The molecule has 0 saturated carbocycles. The van der Waals surface area contributed by atoms with E-state index < -0.39 is 79.4 Å². The molecule has 0 aliphatic carbocycles. The SMILES string of the molecule is CC1(C)S[C@@H]2CC(=O)N2[C@@H]1C(=O)OCOC(=O)[C@@H]1N2C(=O)[C@H](NC(=O)[C@H](N)c3ccccc3)[C@@H]2S(=O)(=O)C1(C)C. The lowest BCUT2D eigenvalue weighted by molar-refractivity contribution is -0.181. The number of carbonyl (C=O) groups excluding carboxylic acids is 5. The number of nitrogens with two attached hydrogens (primary N) is 1. The topological polar surface area (TPSA) is 182 Å². The fourth-order valence-corrected chi connectivity index (χ4v) is 9.57. The number of hydrogen-bond acceptors (Lipinski definition) is 11. The minimum Gasteiger partial charge on any atom is -0.426 e. The van der Waals surface area contributed by atoms with Gasteiger partial charge in [-0.2, -0.15) is 0 Å². The van der Waals surface area contributed by atoms with Gasteiger partial charge in [0.25, 0.3) is 0 Å². The zero-order valence-electron chi connectivity index (χ0n) is 22.2. The molecule has 216 valence electrons. The van der Waals surface area contributed by atoms with Crippen LogP contribution in [0.25, 0.3) is 0 Å². The Hall–Kier alpha value is -3.17. The molecule has 4 aliphatic heterocycles. The van der Waals surface area contributed by atoms with Gasteiger partial charge in [0.15, 0.2) is 15.2 Å². The van der Waals surface area contributed by atoms with Crippen molar-refractivity contribution in [1.29, 1.82) is 0 Å². The number of ether oxygens (including phenoxy) is 2. The quantitative estimate of drug-likeness (QED) is 0.234. The second kappa shape index (κ2) is 9.45. The molecule has 1 aromatic carbocycles. The molecule has 15 heteroatoms. The molecule has 4 heterocycles. The molecule has 4 fully saturated rings. The van der Waals surface area contributed by atoms with Gasteiger partial charge in [0, 0.05) is 4.75 Å². The number of fused-ring (bicyclic) bond motifs is 2. The molecular formula is C25H30N4O9S2. The number of carbonyl (C=O) groups is 5. The van der Waals surface area contributed by atoms with Gasteiger partial charge in [-0.25, -0.2) is 18.0 Å². The number of benzene rings is 1. The van der Waals surface area contributed by atoms with Crippen LogP contribution in [0.4, 0.5) is 0 Å². The summed E-state index contributed by atoms with van der Waals surface area (Å²) in [5, 5.41) is 0.806. The fraction of sp³-hybridized carbons (Fsp3) is 0.560. The van der Waals surface area contributed by atoms with Crippen molar-refractivity contribution in [1.82, 2.24) is 15.1 Å². The molecule has 40 heavy (non-hydrogen) atoms. The Labute approximate surface area is 235 Å². The van der Waals surface area contributed by atoms with Crippen molar-refractivity contribution in [2.45, 2.75) is 78.5 Å². The lowest BCUT2D eigenvalue weighted by Crippen LogP contribution is -2.72. The van der Waals surface area contributed by atoms with Crippen molar-refractivity contribution in [2.24, 2.45) is 5.73 Å². The maximum Gasteiger partial charge on any atom is 0.333 e. The molecule has 0 bridgehead atoms. The number of esters is 2. The summed E-state index contributed by atoms with van der Waals surface area (Å²) >= 11 is 1.48. The maximum absolute atomic E-state index is 13.4. The standard InChI is InChI=1S/C25H30N4O9S2/c1-24(2)17(28-13(30)10-14(28)39-24)22(33)37-11-38-23(34)18-25(3,4)40(35,36)21-16(20(32)29(18)21)27-19(31)15(26)12-8-6-5-7-9-12/h5-9,14-18,21H,10-11,26H2,1-4H3,(H,27,31)/t14-,15-,16+,17-,18+,21+/m1/s1. The number of nitrogens with zero attached hydrogens (tertiary/aromatic N) is 2. The highest BCUT2D eigenvalue weighted by molar-refractivity contribution is 8.01. The van der Waals surface area contributed by atoms with Crippen molar-refractivity contribution in [3.8, 4) is 0 Å². The number of thioether (sulfide) groups is 1. The highest BCUT2D eigenvalue weighted by Gasteiger charge is 2.73. The van der Waals surface area contributed by atoms with E-state index in [0.717, 1.165) is 4.90 Å². The van der Waals surface area contributed by atoms with Gasteiger partial charge in [-0.05, 0) is 33.3 Å². The van der Waals surface area contributed by atoms with E-state index in [1.165, 1.54) is 30.5 Å². The van der Waals surface area contributed by atoms with E-state index in [-0.39, 0.29) is 11.3 Å². The Kier molecular flexibility index (Phi) is 6.70. The molecule has 0 radical (unpaired) electrons. The molecule has 1 aromatic rings. The van der Waals surface area contributed by atoms with Crippen LogP contribution >= 0.6 is 11.8 Å². The van der Waals surface area contributed by atoms with Gasteiger partial charge in [0.05, 0.1) is 11.8 Å². The fourth-order valence-electron chi connectivity index (χ4n) is 5.74. The zero-order valence-corrected chi connectivity index (χ0v) is 23.9. The Morgan fingerprint density at radius 1 is 1.05 bits per heavy atom. The summed E-state index contributed by atoms with van der Waals surface area (Å²) in [5.41, 5.74) is 6.46. The highest BCUT2D eigenvalue weighted by Crippen LogP contribution is 2.51. The molecule has 4 saturated heterocycles. The largest absolute Gasteiger partial charge is 0.426 e. The summed E-state index contributed by atoms with van der Waals surface area (Å²) < 4.78 is 34.7. The Morgan fingerprint density at radius 2 is 1.65 bits per heavy atom. The first kappa shape index (κ1) is 28.4. The van der Waals surface area contributed by atoms with Crippen molar-refractivity contribution >= 4 is 51.3 Å². The van der Waals surface area contributed by atoms with E-state index >= 15 is 0 Å². The number of rotatable bonds is 7. The van der Waals surface area contributed by atoms with Crippen molar-refractivity contribution in [2.75, 3.05) is 6.79 Å². The zero-order chi connectivity index (χ0) is 29.4. The number of amides is 3. The first-order valence-electron chi connectivity index (χ1n) is 12.6. The van der Waals surface area contributed by atoms with Crippen LogP contribution < -0.4 is 11.1 Å². The van der Waals surface area contributed by atoms with Gasteiger partial charge in [0.1, 0.15) is 28.9 Å². The number of sulfone groups is 1. The number of β-lactam (4-membered cyclic amide) rings is 2. The van der Waals surface area contributed by atoms with Crippen LogP contribution in [0.5, 0.6) is 0 Å². The summed E-state index contributed by atoms with van der Waals surface area (Å²) in [6.07, 6.45) is 0.336. The molecule has 5 rings (SSSR count). The average molecular weight is 595 g/mol. The van der Waals surface area contributed by atoms with Crippen molar-refractivity contribution < 1.29 is 41.9 Å². The summed E-state index contributed by atoms with van der Waals surface area (Å²) in [6.45, 7) is 5.37. The maximum atomic E-state index is 13.4. The van der Waals surface area contributed by atoms with E-state index in [0.29, 0.717) is 12.0 Å². The summed E-state index contributed by atoms with van der Waals surface area (Å²) in [6, 6.07) is 3.40. The van der Waals surface area contributed by atoms with E-state index in [1.807, 2.05) is 13.8 Å². The minimum absolute atomic E-state index is 0.114. The predicted octanol–water partition coefficient (Wildman–Crippen LogP) is -0.589. The molecule has 0 aromatic heterocycles.